The van der Waals surface area contributed by atoms with E-state index in [9.17, 15) is 18.0 Å². The van der Waals surface area contributed by atoms with Crippen LogP contribution in [0.15, 0.2) is 21.8 Å². The predicted octanol–water partition coefficient (Wildman–Crippen LogP) is 1.53. The summed E-state index contributed by atoms with van der Waals surface area (Å²) in [7, 11) is -4.09. The standard InChI is InChI=1S/C15H17ClN4O6S2/c1-2-25-15(22)20-7-5-19(6-8-20)12(21)9-28(23,24)14-18-17-13(26-14)10-3-4-11(16)27-10/h3-4H,2,5-9H2,1H3. The molecule has 28 heavy (non-hydrogen) atoms. The Morgan fingerprint density at radius 1 is 1.21 bits per heavy atom. The average Bonchev–Trinajstić information content (AvgIpc) is 3.31. The largest absolute Gasteiger partial charge is 0.450 e. The van der Waals surface area contributed by atoms with Crippen LogP contribution in [0.25, 0.3) is 10.8 Å². The van der Waals surface area contributed by atoms with Crippen molar-refractivity contribution in [2.45, 2.75) is 12.1 Å². The second-order valence-corrected chi connectivity index (χ2v) is 9.39. The number of halogens is 1. The van der Waals surface area contributed by atoms with Crippen LogP contribution in [0.5, 0.6) is 0 Å². The highest BCUT2D eigenvalue weighted by atomic mass is 35.5. The topological polar surface area (TPSA) is 123 Å². The summed E-state index contributed by atoms with van der Waals surface area (Å²) in [5.41, 5.74) is 0. The molecule has 1 aliphatic heterocycles. The molecule has 3 heterocycles. The van der Waals surface area contributed by atoms with Crippen LogP contribution >= 0.6 is 22.9 Å². The molecule has 0 aliphatic carbocycles. The van der Waals surface area contributed by atoms with Crippen molar-refractivity contribution < 1.29 is 27.2 Å². The first-order valence-electron chi connectivity index (χ1n) is 8.31. The Kier molecular flexibility index (Phi) is 6.20. The summed E-state index contributed by atoms with van der Waals surface area (Å²) in [6, 6.07) is 3.25. The van der Waals surface area contributed by atoms with Gasteiger partial charge in [-0.25, -0.2) is 13.2 Å². The zero-order valence-corrected chi connectivity index (χ0v) is 17.2. The first-order chi connectivity index (χ1) is 13.3. The third kappa shape index (κ3) is 4.62. The van der Waals surface area contributed by atoms with E-state index in [1.54, 1.807) is 19.1 Å². The molecular formula is C15H17ClN4O6S2. The van der Waals surface area contributed by atoms with Gasteiger partial charge in [-0.1, -0.05) is 16.7 Å². The highest BCUT2D eigenvalue weighted by molar-refractivity contribution is 7.91. The fraction of sp³-hybridized carbons (Fsp3) is 0.467. The van der Waals surface area contributed by atoms with E-state index in [4.69, 9.17) is 20.8 Å². The molecule has 0 atom stereocenters. The molecule has 1 aliphatic rings. The van der Waals surface area contributed by atoms with Gasteiger partial charge in [0.2, 0.25) is 15.7 Å². The van der Waals surface area contributed by atoms with Crippen LogP contribution in [0, 0.1) is 0 Å². The van der Waals surface area contributed by atoms with Crippen molar-refractivity contribution in [1.29, 1.82) is 0 Å². The molecule has 1 saturated heterocycles. The smallest absolute Gasteiger partial charge is 0.409 e. The van der Waals surface area contributed by atoms with Crippen LogP contribution in [0.3, 0.4) is 0 Å². The minimum absolute atomic E-state index is 0.0194. The molecule has 0 saturated carbocycles. The molecule has 0 N–H and O–H groups in total. The van der Waals surface area contributed by atoms with E-state index < -0.39 is 32.8 Å². The van der Waals surface area contributed by atoms with E-state index >= 15 is 0 Å². The molecule has 152 valence electrons. The van der Waals surface area contributed by atoms with Crippen molar-refractivity contribution >= 4 is 44.8 Å². The van der Waals surface area contributed by atoms with Gasteiger partial charge in [0.1, 0.15) is 5.75 Å². The summed E-state index contributed by atoms with van der Waals surface area (Å²) >= 11 is 7.00. The highest BCUT2D eigenvalue weighted by Crippen LogP contribution is 2.30. The lowest BCUT2D eigenvalue weighted by Gasteiger charge is -2.33. The Bertz CT molecular complexity index is 965. The Labute approximate surface area is 169 Å². The van der Waals surface area contributed by atoms with Gasteiger partial charge in [-0.3, -0.25) is 4.79 Å². The summed E-state index contributed by atoms with van der Waals surface area (Å²) in [4.78, 5) is 27.4. The molecular weight excluding hydrogens is 432 g/mol. The van der Waals surface area contributed by atoms with Crippen LogP contribution in [-0.2, 0) is 19.4 Å². The lowest BCUT2D eigenvalue weighted by Crippen LogP contribution is -2.51. The zero-order valence-electron chi connectivity index (χ0n) is 14.8. The van der Waals surface area contributed by atoms with Crippen LogP contribution in [0.4, 0.5) is 4.79 Å². The molecule has 0 radical (unpaired) electrons. The van der Waals surface area contributed by atoms with Gasteiger partial charge in [0, 0.05) is 26.2 Å². The van der Waals surface area contributed by atoms with Crippen molar-refractivity contribution in [3.63, 3.8) is 0 Å². The second-order valence-electron chi connectivity index (χ2n) is 5.80. The maximum absolute atomic E-state index is 12.4. The Morgan fingerprint density at radius 3 is 2.50 bits per heavy atom. The van der Waals surface area contributed by atoms with Gasteiger partial charge in [-0.15, -0.1) is 16.4 Å². The zero-order chi connectivity index (χ0) is 20.3. The van der Waals surface area contributed by atoms with Gasteiger partial charge in [-0.05, 0) is 19.1 Å². The summed E-state index contributed by atoms with van der Waals surface area (Å²) < 4.78 is 35.5. The fourth-order valence-electron chi connectivity index (χ4n) is 2.53. The molecule has 13 heteroatoms. The van der Waals surface area contributed by atoms with Crippen molar-refractivity contribution in [3.8, 4) is 10.8 Å². The minimum atomic E-state index is -4.09. The normalized spacial score (nSPS) is 14.9. The van der Waals surface area contributed by atoms with E-state index in [0.29, 0.717) is 9.21 Å². The van der Waals surface area contributed by atoms with Crippen LogP contribution in [0.2, 0.25) is 4.34 Å². The lowest BCUT2D eigenvalue weighted by atomic mass is 10.3. The summed E-state index contributed by atoms with van der Waals surface area (Å²) in [6.45, 7) is 2.95. The molecule has 0 spiro atoms. The molecule has 3 rings (SSSR count). The summed E-state index contributed by atoms with van der Waals surface area (Å²) in [5.74, 6) is -1.37. The fourth-order valence-corrected chi connectivity index (χ4v) is 4.50. The van der Waals surface area contributed by atoms with E-state index in [2.05, 4.69) is 10.2 Å². The molecule has 2 amide bonds. The highest BCUT2D eigenvalue weighted by Gasteiger charge is 2.31. The number of amides is 2. The number of carbonyl (C=O) groups is 2. The van der Waals surface area contributed by atoms with Crippen molar-refractivity contribution in [2.75, 3.05) is 38.5 Å². The first kappa shape index (κ1) is 20.6. The molecule has 0 bridgehead atoms. The predicted molar refractivity (Wildman–Crippen MR) is 99.8 cm³/mol. The number of nitrogens with zero attached hydrogens (tertiary/aromatic N) is 4. The average molecular weight is 449 g/mol. The van der Waals surface area contributed by atoms with Gasteiger partial charge in [0.05, 0.1) is 15.8 Å². The maximum atomic E-state index is 12.4. The van der Waals surface area contributed by atoms with E-state index in [0.717, 1.165) is 11.3 Å². The lowest BCUT2D eigenvalue weighted by molar-refractivity contribution is -0.130. The number of carbonyl (C=O) groups excluding carboxylic acids is 2. The van der Waals surface area contributed by atoms with Gasteiger partial charge >= 0.3 is 11.3 Å². The van der Waals surface area contributed by atoms with E-state index in [-0.39, 0.29) is 38.7 Å². The summed E-state index contributed by atoms with van der Waals surface area (Å²) in [5, 5.41) is 6.63. The molecule has 10 nitrogen and oxygen atoms in total. The second kappa shape index (κ2) is 8.45. The van der Waals surface area contributed by atoms with Crippen molar-refractivity contribution in [1.82, 2.24) is 20.0 Å². The number of thiophene rings is 1. The van der Waals surface area contributed by atoms with Gasteiger partial charge in [0.15, 0.2) is 0 Å². The molecule has 0 unspecified atom stereocenters. The Hall–Kier alpha value is -2.18. The van der Waals surface area contributed by atoms with Crippen LogP contribution in [-0.4, -0.2) is 79.0 Å². The van der Waals surface area contributed by atoms with E-state index in [1.165, 1.54) is 9.80 Å². The number of piperazine rings is 1. The maximum Gasteiger partial charge on any atom is 0.409 e. The van der Waals surface area contributed by atoms with Gasteiger partial charge in [0.25, 0.3) is 5.89 Å². The van der Waals surface area contributed by atoms with Gasteiger partial charge in [-0.2, -0.15) is 0 Å². The Balaban J connectivity index is 1.61. The van der Waals surface area contributed by atoms with Crippen LogP contribution < -0.4 is 0 Å². The quantitative estimate of drug-likeness (QED) is 0.674. The van der Waals surface area contributed by atoms with Crippen molar-refractivity contribution in [3.05, 3.63) is 16.5 Å². The van der Waals surface area contributed by atoms with E-state index in [1.807, 2.05) is 0 Å². The summed E-state index contributed by atoms with van der Waals surface area (Å²) in [6.07, 6.45) is -0.450. The minimum Gasteiger partial charge on any atom is -0.450 e. The third-order valence-corrected chi connectivity index (χ3v) is 6.47. The molecule has 2 aromatic heterocycles. The number of sulfone groups is 1. The SMILES string of the molecule is CCOC(=O)N1CCN(C(=O)CS(=O)(=O)c2nnc(-c3ccc(Cl)s3)o2)CC1. The number of rotatable bonds is 5. The molecule has 2 aromatic rings. The molecule has 1 fully saturated rings. The van der Waals surface area contributed by atoms with Crippen LogP contribution in [0.1, 0.15) is 6.92 Å². The number of hydrogen-bond acceptors (Lipinski definition) is 9. The number of aromatic nitrogens is 2. The third-order valence-electron chi connectivity index (χ3n) is 3.93. The number of ether oxygens (including phenoxy) is 1. The van der Waals surface area contributed by atoms with Gasteiger partial charge < -0.3 is 19.0 Å². The Morgan fingerprint density at radius 2 is 1.89 bits per heavy atom. The monoisotopic (exact) mass is 448 g/mol. The number of hydrogen-bond donors (Lipinski definition) is 0. The molecule has 0 aromatic carbocycles. The first-order valence-corrected chi connectivity index (χ1v) is 11.2. The van der Waals surface area contributed by atoms with Crippen molar-refractivity contribution in [2.24, 2.45) is 0 Å².